The van der Waals surface area contributed by atoms with Crippen molar-refractivity contribution in [2.24, 2.45) is 5.73 Å². The van der Waals surface area contributed by atoms with Gasteiger partial charge in [-0.3, -0.25) is 0 Å². The van der Waals surface area contributed by atoms with Crippen molar-refractivity contribution in [3.8, 4) is 0 Å². The lowest BCUT2D eigenvalue weighted by Crippen LogP contribution is -2.35. The van der Waals surface area contributed by atoms with Gasteiger partial charge >= 0.3 is 12.2 Å². The van der Waals surface area contributed by atoms with E-state index in [1.54, 1.807) is 0 Å². The van der Waals surface area contributed by atoms with Gasteiger partial charge in [-0.25, -0.2) is 9.18 Å². The van der Waals surface area contributed by atoms with Gasteiger partial charge in [0.15, 0.2) is 0 Å². The number of hydrogen-bond acceptors (Lipinski definition) is 2. The van der Waals surface area contributed by atoms with Crippen LogP contribution in [0.5, 0.6) is 0 Å². The molecule has 0 aliphatic carbocycles. The fraction of sp³-hybridized carbons (Fsp3) is 0.364. The number of amides is 2. The van der Waals surface area contributed by atoms with E-state index < -0.39 is 23.6 Å². The number of hydrogen-bond donors (Lipinski definition) is 3. The van der Waals surface area contributed by atoms with Crippen molar-refractivity contribution in [2.45, 2.75) is 12.7 Å². The molecule has 0 saturated heterocycles. The lowest BCUT2D eigenvalue weighted by molar-refractivity contribution is -0.138. The number of rotatable bonds is 5. The summed E-state index contributed by atoms with van der Waals surface area (Å²) in [5.41, 5.74) is 3.74. The van der Waals surface area contributed by atoms with Crippen LogP contribution in [0.15, 0.2) is 18.2 Å². The number of nitrogens with two attached hydrogens (primary N) is 1. The Labute approximate surface area is 107 Å². The first-order valence-electron chi connectivity index (χ1n) is 5.40. The minimum Gasteiger partial charge on any atom is -0.352 e. The van der Waals surface area contributed by atoms with Crippen molar-refractivity contribution in [1.29, 1.82) is 0 Å². The third-order valence-electron chi connectivity index (χ3n) is 2.29. The smallest absolute Gasteiger partial charge is 0.352 e. The quantitative estimate of drug-likeness (QED) is 0.566. The molecule has 0 radical (unpaired) electrons. The summed E-state index contributed by atoms with van der Waals surface area (Å²) in [6.07, 6.45) is -4.61. The van der Waals surface area contributed by atoms with Gasteiger partial charge in [-0.1, -0.05) is 6.07 Å². The maximum Gasteiger partial charge on any atom is 0.416 e. The monoisotopic (exact) mass is 279 g/mol. The Kier molecular flexibility index (Phi) is 5.11. The standard InChI is InChI=1S/C11H13F4N3O/c12-8-2-1-7(9(5-8)11(13,14)15)6-17-3-4-18-10(16)19/h1-2,5,17H,3-4,6H2,(H3,16,18,19). The maximum absolute atomic E-state index is 12.8. The predicted octanol–water partition coefficient (Wildman–Crippen LogP) is 1.60. The highest BCUT2D eigenvalue weighted by Gasteiger charge is 2.33. The first-order valence-corrected chi connectivity index (χ1v) is 5.40. The van der Waals surface area contributed by atoms with Crippen LogP contribution >= 0.6 is 0 Å². The molecular weight excluding hydrogens is 266 g/mol. The molecule has 106 valence electrons. The summed E-state index contributed by atoms with van der Waals surface area (Å²) in [5, 5.41) is 4.98. The highest BCUT2D eigenvalue weighted by molar-refractivity contribution is 5.71. The van der Waals surface area contributed by atoms with Gasteiger partial charge in [-0.2, -0.15) is 13.2 Å². The van der Waals surface area contributed by atoms with Crippen molar-refractivity contribution in [3.63, 3.8) is 0 Å². The number of carbonyl (C=O) groups is 1. The average molecular weight is 279 g/mol. The summed E-state index contributed by atoms with van der Waals surface area (Å²) in [6, 6.07) is 1.79. The molecule has 4 N–H and O–H groups in total. The Morgan fingerprint density at radius 2 is 1.95 bits per heavy atom. The number of benzene rings is 1. The second-order valence-electron chi connectivity index (χ2n) is 3.77. The number of nitrogens with one attached hydrogen (secondary N) is 2. The molecule has 0 bridgehead atoms. The fourth-order valence-corrected chi connectivity index (χ4v) is 1.46. The van der Waals surface area contributed by atoms with E-state index in [1.165, 1.54) is 0 Å². The third-order valence-corrected chi connectivity index (χ3v) is 2.29. The molecule has 0 saturated carbocycles. The van der Waals surface area contributed by atoms with Crippen molar-refractivity contribution in [3.05, 3.63) is 35.1 Å². The van der Waals surface area contributed by atoms with E-state index in [0.717, 1.165) is 12.1 Å². The normalized spacial score (nSPS) is 11.4. The minimum atomic E-state index is -4.61. The molecule has 0 aliphatic rings. The molecular formula is C11H13F4N3O. The van der Waals surface area contributed by atoms with Gasteiger partial charge < -0.3 is 16.4 Å². The van der Waals surface area contributed by atoms with Crippen LogP contribution in [0.4, 0.5) is 22.4 Å². The first-order chi connectivity index (χ1) is 8.80. The number of alkyl halides is 3. The first kappa shape index (κ1) is 15.2. The minimum absolute atomic E-state index is 0.0621. The zero-order chi connectivity index (χ0) is 14.5. The second-order valence-corrected chi connectivity index (χ2v) is 3.77. The van der Waals surface area contributed by atoms with E-state index in [2.05, 4.69) is 10.6 Å². The Bertz CT molecular complexity index is 448. The second kappa shape index (κ2) is 6.37. The Balaban J connectivity index is 2.61. The summed E-state index contributed by atoms with van der Waals surface area (Å²) < 4.78 is 50.8. The van der Waals surface area contributed by atoms with Crippen LogP contribution in [-0.4, -0.2) is 19.1 Å². The molecule has 1 aromatic carbocycles. The van der Waals surface area contributed by atoms with Crippen molar-refractivity contribution < 1.29 is 22.4 Å². The topological polar surface area (TPSA) is 67.2 Å². The molecule has 1 aromatic rings. The Morgan fingerprint density at radius 1 is 1.26 bits per heavy atom. The molecule has 0 fully saturated rings. The maximum atomic E-state index is 12.8. The van der Waals surface area contributed by atoms with Crippen molar-refractivity contribution in [1.82, 2.24) is 10.6 Å². The van der Waals surface area contributed by atoms with Crippen molar-refractivity contribution in [2.75, 3.05) is 13.1 Å². The highest BCUT2D eigenvalue weighted by atomic mass is 19.4. The highest BCUT2D eigenvalue weighted by Crippen LogP contribution is 2.32. The summed E-state index contributed by atoms with van der Waals surface area (Å²) in [7, 11) is 0. The van der Waals surface area contributed by atoms with Gasteiger partial charge in [0, 0.05) is 19.6 Å². The van der Waals surface area contributed by atoms with Crippen LogP contribution in [0.25, 0.3) is 0 Å². The molecule has 0 heterocycles. The van der Waals surface area contributed by atoms with Crippen LogP contribution in [0.2, 0.25) is 0 Å². The lowest BCUT2D eigenvalue weighted by Gasteiger charge is -2.13. The van der Waals surface area contributed by atoms with E-state index in [-0.39, 0.29) is 25.2 Å². The summed E-state index contributed by atoms with van der Waals surface area (Å²) in [4.78, 5) is 10.3. The SMILES string of the molecule is NC(=O)NCCNCc1ccc(F)cc1C(F)(F)F. The molecule has 1 rings (SSSR count). The van der Waals surface area contributed by atoms with E-state index in [4.69, 9.17) is 5.73 Å². The molecule has 0 spiro atoms. The van der Waals surface area contributed by atoms with Gasteiger partial charge in [-0.15, -0.1) is 0 Å². The molecule has 4 nitrogen and oxygen atoms in total. The van der Waals surface area contributed by atoms with Crippen LogP contribution in [0.1, 0.15) is 11.1 Å². The predicted molar refractivity (Wildman–Crippen MR) is 60.7 cm³/mol. The molecule has 0 unspecified atom stereocenters. The zero-order valence-electron chi connectivity index (χ0n) is 9.85. The summed E-state index contributed by atoms with van der Waals surface area (Å²) >= 11 is 0. The van der Waals surface area contributed by atoms with Crippen LogP contribution in [0, 0.1) is 5.82 Å². The van der Waals surface area contributed by atoms with Gasteiger partial charge in [0.1, 0.15) is 5.82 Å². The number of urea groups is 1. The largest absolute Gasteiger partial charge is 0.416 e. The summed E-state index contributed by atoms with van der Waals surface area (Å²) in [5.74, 6) is -0.938. The van der Waals surface area contributed by atoms with E-state index >= 15 is 0 Å². The van der Waals surface area contributed by atoms with Gasteiger partial charge in [0.25, 0.3) is 0 Å². The third kappa shape index (κ3) is 5.12. The number of carbonyl (C=O) groups excluding carboxylic acids is 1. The molecule has 8 heteroatoms. The molecule has 0 aromatic heterocycles. The van der Waals surface area contributed by atoms with Crippen LogP contribution < -0.4 is 16.4 Å². The van der Waals surface area contributed by atoms with E-state index in [9.17, 15) is 22.4 Å². The van der Waals surface area contributed by atoms with Crippen LogP contribution in [-0.2, 0) is 12.7 Å². The van der Waals surface area contributed by atoms with Gasteiger partial charge in [0.05, 0.1) is 5.56 Å². The number of primary amides is 1. The molecule has 0 aliphatic heterocycles. The molecule has 2 amide bonds. The summed E-state index contributed by atoms with van der Waals surface area (Å²) in [6.45, 7) is 0.352. The zero-order valence-corrected chi connectivity index (χ0v) is 9.85. The fourth-order valence-electron chi connectivity index (χ4n) is 1.46. The lowest BCUT2D eigenvalue weighted by atomic mass is 10.1. The Morgan fingerprint density at radius 3 is 2.53 bits per heavy atom. The van der Waals surface area contributed by atoms with Gasteiger partial charge in [0.2, 0.25) is 0 Å². The van der Waals surface area contributed by atoms with Crippen LogP contribution in [0.3, 0.4) is 0 Å². The molecule has 19 heavy (non-hydrogen) atoms. The van der Waals surface area contributed by atoms with Gasteiger partial charge in [-0.05, 0) is 17.7 Å². The Hall–Kier alpha value is -1.83. The van der Waals surface area contributed by atoms with Crippen molar-refractivity contribution >= 4 is 6.03 Å². The van der Waals surface area contributed by atoms with E-state index in [1.807, 2.05) is 0 Å². The molecule has 0 atom stereocenters. The average Bonchev–Trinajstić information content (AvgIpc) is 2.28. The van der Waals surface area contributed by atoms with E-state index in [0.29, 0.717) is 6.07 Å². The number of halogens is 4.